The fourth-order valence-corrected chi connectivity index (χ4v) is 2.68. The van der Waals surface area contributed by atoms with Crippen LogP contribution in [-0.4, -0.2) is 22.5 Å². The SMILES string of the molecule is CCC(N)C(N)c1nc(Cc2ccccc2OC)ns1. The predicted molar refractivity (Wildman–Crippen MR) is 80.9 cm³/mol. The predicted octanol–water partition coefficient (Wildman–Crippen LogP) is 1.87. The minimum atomic E-state index is -0.246. The number of nitrogens with two attached hydrogens (primary N) is 2. The molecule has 0 amide bonds. The molecule has 0 radical (unpaired) electrons. The van der Waals surface area contributed by atoms with E-state index in [4.69, 9.17) is 16.2 Å². The molecule has 2 unspecified atom stereocenters. The van der Waals surface area contributed by atoms with Gasteiger partial charge in [0, 0.05) is 18.0 Å². The summed E-state index contributed by atoms with van der Waals surface area (Å²) in [6, 6.07) is 7.53. The standard InChI is InChI=1S/C14H20N4OS/c1-3-10(15)13(16)14-17-12(18-20-14)8-9-6-4-5-7-11(9)19-2/h4-7,10,13H,3,8,15-16H2,1-2H3. The zero-order valence-electron chi connectivity index (χ0n) is 11.7. The Balaban J connectivity index is 2.13. The number of ether oxygens (including phenoxy) is 1. The van der Waals surface area contributed by atoms with Crippen LogP contribution in [0.5, 0.6) is 5.75 Å². The van der Waals surface area contributed by atoms with Gasteiger partial charge in [-0.1, -0.05) is 25.1 Å². The molecule has 1 aromatic heterocycles. The summed E-state index contributed by atoms with van der Waals surface area (Å²) in [5, 5.41) is 0.796. The van der Waals surface area contributed by atoms with E-state index in [2.05, 4.69) is 9.36 Å². The van der Waals surface area contributed by atoms with Gasteiger partial charge in [0.05, 0.1) is 13.2 Å². The van der Waals surface area contributed by atoms with Crippen molar-refractivity contribution in [2.75, 3.05) is 7.11 Å². The summed E-state index contributed by atoms with van der Waals surface area (Å²) >= 11 is 1.33. The van der Waals surface area contributed by atoms with E-state index in [-0.39, 0.29) is 12.1 Å². The van der Waals surface area contributed by atoms with Crippen molar-refractivity contribution in [2.24, 2.45) is 11.5 Å². The minimum absolute atomic E-state index is 0.0814. The molecule has 6 heteroatoms. The van der Waals surface area contributed by atoms with Crippen molar-refractivity contribution in [3.8, 4) is 5.75 Å². The van der Waals surface area contributed by atoms with Crippen molar-refractivity contribution in [3.05, 3.63) is 40.7 Å². The van der Waals surface area contributed by atoms with Gasteiger partial charge in [-0.25, -0.2) is 4.98 Å². The molecule has 0 aliphatic rings. The van der Waals surface area contributed by atoms with Crippen molar-refractivity contribution in [1.29, 1.82) is 0 Å². The highest BCUT2D eigenvalue weighted by Crippen LogP contribution is 2.22. The van der Waals surface area contributed by atoms with E-state index in [9.17, 15) is 0 Å². The van der Waals surface area contributed by atoms with E-state index in [1.54, 1.807) is 7.11 Å². The van der Waals surface area contributed by atoms with E-state index in [0.29, 0.717) is 6.42 Å². The summed E-state index contributed by atoms with van der Waals surface area (Å²) < 4.78 is 9.69. The zero-order chi connectivity index (χ0) is 14.5. The molecule has 0 saturated carbocycles. The lowest BCUT2D eigenvalue weighted by atomic mass is 10.1. The van der Waals surface area contributed by atoms with Crippen LogP contribution >= 0.6 is 11.5 Å². The molecule has 2 aromatic rings. The molecule has 0 fully saturated rings. The maximum Gasteiger partial charge on any atom is 0.147 e. The lowest BCUT2D eigenvalue weighted by molar-refractivity contribution is 0.410. The number of rotatable bonds is 6. The number of para-hydroxylation sites is 1. The highest BCUT2D eigenvalue weighted by molar-refractivity contribution is 7.05. The van der Waals surface area contributed by atoms with Crippen molar-refractivity contribution >= 4 is 11.5 Å². The minimum Gasteiger partial charge on any atom is -0.496 e. The van der Waals surface area contributed by atoms with Gasteiger partial charge in [0.1, 0.15) is 16.6 Å². The second-order valence-electron chi connectivity index (χ2n) is 4.64. The maximum atomic E-state index is 6.07. The van der Waals surface area contributed by atoms with Crippen molar-refractivity contribution in [1.82, 2.24) is 9.36 Å². The fourth-order valence-electron chi connectivity index (χ4n) is 1.93. The van der Waals surface area contributed by atoms with Gasteiger partial charge in [-0.2, -0.15) is 4.37 Å². The Hall–Kier alpha value is -1.50. The normalized spacial score (nSPS) is 14.0. The number of nitrogens with zero attached hydrogens (tertiary/aromatic N) is 2. The molecule has 4 N–H and O–H groups in total. The monoisotopic (exact) mass is 292 g/mol. The maximum absolute atomic E-state index is 6.07. The summed E-state index contributed by atoms with van der Waals surface area (Å²) in [5.74, 6) is 1.60. The Morgan fingerprint density at radius 2 is 2.05 bits per heavy atom. The molecule has 0 spiro atoms. The first-order valence-electron chi connectivity index (χ1n) is 6.61. The van der Waals surface area contributed by atoms with Crippen molar-refractivity contribution in [2.45, 2.75) is 31.8 Å². The zero-order valence-corrected chi connectivity index (χ0v) is 12.6. The van der Waals surface area contributed by atoms with Crippen molar-refractivity contribution < 1.29 is 4.74 Å². The first-order valence-corrected chi connectivity index (χ1v) is 7.38. The average Bonchev–Trinajstić information content (AvgIpc) is 2.94. The quantitative estimate of drug-likeness (QED) is 0.848. The molecule has 1 heterocycles. The molecule has 2 atom stereocenters. The van der Waals surface area contributed by atoms with Gasteiger partial charge < -0.3 is 16.2 Å². The third kappa shape index (κ3) is 3.33. The summed E-state index contributed by atoms with van der Waals surface area (Å²) in [7, 11) is 1.66. The number of hydrogen-bond acceptors (Lipinski definition) is 6. The van der Waals surface area contributed by atoms with E-state index < -0.39 is 0 Å². The summed E-state index contributed by atoms with van der Waals surface area (Å²) in [4.78, 5) is 4.50. The Labute approximate surface area is 123 Å². The van der Waals surface area contributed by atoms with Crippen LogP contribution in [0.3, 0.4) is 0 Å². The van der Waals surface area contributed by atoms with E-state index >= 15 is 0 Å². The number of methoxy groups -OCH3 is 1. The number of aromatic nitrogens is 2. The fraction of sp³-hybridized carbons (Fsp3) is 0.429. The molecule has 5 nitrogen and oxygen atoms in total. The Bertz CT molecular complexity index is 558. The molecular formula is C14H20N4OS. The van der Waals surface area contributed by atoms with Gasteiger partial charge in [0.15, 0.2) is 0 Å². The molecule has 0 aliphatic carbocycles. The van der Waals surface area contributed by atoms with E-state index in [1.807, 2.05) is 31.2 Å². The van der Waals surface area contributed by atoms with Gasteiger partial charge in [-0.05, 0) is 24.0 Å². The average molecular weight is 292 g/mol. The van der Waals surface area contributed by atoms with Gasteiger partial charge >= 0.3 is 0 Å². The lowest BCUT2D eigenvalue weighted by Gasteiger charge is -2.14. The van der Waals surface area contributed by atoms with Crippen LogP contribution in [-0.2, 0) is 6.42 Å². The molecule has 0 aliphatic heterocycles. The van der Waals surface area contributed by atoms with Crippen LogP contribution in [0.25, 0.3) is 0 Å². The molecule has 20 heavy (non-hydrogen) atoms. The summed E-state index contributed by atoms with van der Waals surface area (Å²) in [6.45, 7) is 2.02. The summed E-state index contributed by atoms with van der Waals surface area (Å²) in [5.41, 5.74) is 13.1. The molecular weight excluding hydrogens is 272 g/mol. The Morgan fingerprint density at radius 3 is 2.75 bits per heavy atom. The van der Waals surface area contributed by atoms with Crippen LogP contribution in [0, 0.1) is 0 Å². The number of hydrogen-bond donors (Lipinski definition) is 2. The second kappa shape index (κ2) is 6.78. The van der Waals surface area contributed by atoms with E-state index in [0.717, 1.165) is 28.6 Å². The molecule has 1 aromatic carbocycles. The smallest absolute Gasteiger partial charge is 0.147 e. The van der Waals surface area contributed by atoms with Crippen LogP contribution in [0.2, 0.25) is 0 Å². The third-order valence-electron chi connectivity index (χ3n) is 3.24. The first-order chi connectivity index (χ1) is 9.65. The highest BCUT2D eigenvalue weighted by Gasteiger charge is 2.18. The van der Waals surface area contributed by atoms with Gasteiger partial charge in [-0.3, -0.25) is 0 Å². The van der Waals surface area contributed by atoms with Gasteiger partial charge in [0.25, 0.3) is 0 Å². The van der Waals surface area contributed by atoms with E-state index in [1.165, 1.54) is 11.5 Å². The van der Waals surface area contributed by atoms with Crippen LogP contribution in [0.4, 0.5) is 0 Å². The van der Waals surface area contributed by atoms with Gasteiger partial charge in [-0.15, -0.1) is 0 Å². The molecule has 0 bridgehead atoms. The Morgan fingerprint density at radius 1 is 1.30 bits per heavy atom. The molecule has 108 valence electrons. The van der Waals surface area contributed by atoms with Crippen molar-refractivity contribution in [3.63, 3.8) is 0 Å². The lowest BCUT2D eigenvalue weighted by Crippen LogP contribution is -2.33. The molecule has 0 saturated heterocycles. The third-order valence-corrected chi connectivity index (χ3v) is 4.10. The summed E-state index contributed by atoms with van der Waals surface area (Å²) in [6.07, 6.45) is 1.46. The van der Waals surface area contributed by atoms with Crippen LogP contribution in [0.15, 0.2) is 24.3 Å². The number of benzene rings is 1. The Kier molecular flexibility index (Phi) is 5.05. The first kappa shape index (κ1) is 14.9. The molecule has 2 rings (SSSR count). The highest BCUT2D eigenvalue weighted by atomic mass is 32.1. The topological polar surface area (TPSA) is 87.1 Å². The van der Waals surface area contributed by atoms with Crippen LogP contribution < -0.4 is 16.2 Å². The van der Waals surface area contributed by atoms with Crippen LogP contribution in [0.1, 0.15) is 35.8 Å². The van der Waals surface area contributed by atoms with Gasteiger partial charge in [0.2, 0.25) is 0 Å². The second-order valence-corrected chi connectivity index (χ2v) is 5.42. The largest absolute Gasteiger partial charge is 0.496 e.